The minimum Gasteiger partial charge on any atom is -0.490 e. The van der Waals surface area contributed by atoms with Gasteiger partial charge in [0.2, 0.25) is 0 Å². The van der Waals surface area contributed by atoms with Gasteiger partial charge in [0.25, 0.3) is 5.56 Å². The van der Waals surface area contributed by atoms with Crippen LogP contribution in [0.3, 0.4) is 0 Å². The van der Waals surface area contributed by atoms with Crippen LogP contribution < -0.4 is 10.3 Å². The zero-order valence-corrected chi connectivity index (χ0v) is 17.2. The predicted octanol–water partition coefficient (Wildman–Crippen LogP) is 2.26. The molecule has 0 aliphatic carbocycles. The molecule has 0 N–H and O–H groups in total. The Morgan fingerprint density at radius 1 is 1.07 bits per heavy atom. The molecule has 0 saturated carbocycles. The Balaban J connectivity index is 1.45. The predicted molar refractivity (Wildman–Crippen MR) is 110 cm³/mol. The van der Waals surface area contributed by atoms with Crippen LogP contribution in [0.1, 0.15) is 22.8 Å². The number of ether oxygens (including phenoxy) is 5. The fraction of sp³-hybridized carbons (Fsp3) is 0.522. The minimum absolute atomic E-state index is 0.0263. The van der Waals surface area contributed by atoms with Crippen molar-refractivity contribution in [2.45, 2.75) is 32.1 Å². The van der Waals surface area contributed by atoms with Crippen molar-refractivity contribution >= 4 is 0 Å². The van der Waals surface area contributed by atoms with Crippen molar-refractivity contribution in [1.82, 2.24) is 4.57 Å². The van der Waals surface area contributed by atoms with Crippen molar-refractivity contribution in [2.75, 3.05) is 46.2 Å². The Labute approximate surface area is 175 Å². The van der Waals surface area contributed by atoms with E-state index in [2.05, 4.69) is 18.2 Å². The topological polar surface area (TPSA) is 68.2 Å². The monoisotopic (exact) mass is 413 g/mol. The van der Waals surface area contributed by atoms with Crippen molar-refractivity contribution in [1.29, 1.82) is 0 Å². The SMILES string of the molecule is Cc1c(OCC2COCCO2)cc(=O)n2c1-c1ccc(C3COCCO3)cc1CC2. The molecule has 0 spiro atoms. The largest absolute Gasteiger partial charge is 0.490 e. The quantitative estimate of drug-likeness (QED) is 0.766. The van der Waals surface area contributed by atoms with E-state index in [9.17, 15) is 4.79 Å². The highest BCUT2D eigenvalue weighted by Gasteiger charge is 2.25. The van der Waals surface area contributed by atoms with Gasteiger partial charge in [0.15, 0.2) is 0 Å². The average molecular weight is 413 g/mol. The summed E-state index contributed by atoms with van der Waals surface area (Å²) < 4.78 is 30.4. The van der Waals surface area contributed by atoms with Gasteiger partial charge in [0, 0.05) is 23.7 Å². The van der Waals surface area contributed by atoms with E-state index >= 15 is 0 Å². The maximum atomic E-state index is 12.8. The van der Waals surface area contributed by atoms with Gasteiger partial charge in [-0.1, -0.05) is 18.2 Å². The Morgan fingerprint density at radius 3 is 2.67 bits per heavy atom. The first-order valence-corrected chi connectivity index (χ1v) is 10.6. The maximum absolute atomic E-state index is 12.8. The van der Waals surface area contributed by atoms with Crippen molar-refractivity contribution in [2.24, 2.45) is 0 Å². The van der Waals surface area contributed by atoms with E-state index in [4.69, 9.17) is 23.7 Å². The summed E-state index contributed by atoms with van der Waals surface area (Å²) in [4.78, 5) is 12.8. The smallest absolute Gasteiger partial charge is 0.254 e. The van der Waals surface area contributed by atoms with E-state index in [-0.39, 0.29) is 17.8 Å². The molecule has 2 fully saturated rings. The lowest BCUT2D eigenvalue weighted by Gasteiger charge is -2.28. The second-order valence-corrected chi connectivity index (χ2v) is 7.95. The Hall–Kier alpha value is -2.19. The summed E-state index contributed by atoms with van der Waals surface area (Å²) >= 11 is 0. The number of rotatable bonds is 4. The van der Waals surface area contributed by atoms with Gasteiger partial charge >= 0.3 is 0 Å². The number of nitrogens with zero attached hydrogens (tertiary/aromatic N) is 1. The lowest BCUT2D eigenvalue weighted by Crippen LogP contribution is -2.34. The molecule has 30 heavy (non-hydrogen) atoms. The van der Waals surface area contributed by atoms with Crippen LogP contribution in [0.5, 0.6) is 5.75 Å². The molecule has 3 aliphatic rings. The third-order valence-corrected chi connectivity index (χ3v) is 6.00. The second kappa shape index (κ2) is 8.51. The standard InChI is InChI=1S/C23H27NO6/c1-15-20(30-13-18-12-26-6-8-28-18)11-22(25)24-5-4-16-10-17(2-3-19(16)23(15)24)21-14-27-7-9-29-21/h2-3,10-11,18,21H,4-9,12-14H2,1H3. The first kappa shape index (κ1) is 19.8. The van der Waals surface area contributed by atoms with E-state index in [0.717, 1.165) is 28.8 Å². The molecular formula is C23H27NO6. The average Bonchev–Trinajstić information content (AvgIpc) is 2.80. The second-order valence-electron chi connectivity index (χ2n) is 7.95. The van der Waals surface area contributed by atoms with E-state index in [1.165, 1.54) is 5.56 Å². The molecule has 2 saturated heterocycles. The molecular weight excluding hydrogens is 386 g/mol. The molecule has 7 nitrogen and oxygen atoms in total. The minimum atomic E-state index is -0.107. The molecule has 2 unspecified atom stereocenters. The van der Waals surface area contributed by atoms with Crippen LogP contribution in [0.4, 0.5) is 0 Å². The molecule has 0 amide bonds. The molecule has 4 heterocycles. The normalized spacial score (nSPS) is 23.5. The van der Waals surface area contributed by atoms with E-state index in [0.29, 0.717) is 58.5 Å². The summed E-state index contributed by atoms with van der Waals surface area (Å²) in [5.41, 5.74) is 5.31. The van der Waals surface area contributed by atoms with Gasteiger partial charge < -0.3 is 28.3 Å². The van der Waals surface area contributed by atoms with Crippen LogP contribution in [-0.2, 0) is 31.9 Å². The summed E-state index contributed by atoms with van der Waals surface area (Å²) in [7, 11) is 0. The lowest BCUT2D eigenvalue weighted by atomic mass is 9.91. The van der Waals surface area contributed by atoms with E-state index in [1.807, 2.05) is 11.5 Å². The molecule has 3 aliphatic heterocycles. The number of benzene rings is 1. The number of hydrogen-bond acceptors (Lipinski definition) is 6. The highest BCUT2D eigenvalue weighted by molar-refractivity contribution is 5.71. The molecule has 0 bridgehead atoms. The van der Waals surface area contributed by atoms with Crippen LogP contribution in [0.25, 0.3) is 11.3 Å². The first-order chi connectivity index (χ1) is 14.7. The molecule has 2 atom stereocenters. The molecule has 1 aromatic heterocycles. The first-order valence-electron chi connectivity index (χ1n) is 10.6. The zero-order chi connectivity index (χ0) is 20.5. The molecule has 160 valence electrons. The van der Waals surface area contributed by atoms with Crippen molar-refractivity contribution in [3.8, 4) is 17.0 Å². The van der Waals surface area contributed by atoms with Crippen molar-refractivity contribution < 1.29 is 23.7 Å². The van der Waals surface area contributed by atoms with Crippen molar-refractivity contribution in [3.05, 3.63) is 51.3 Å². The maximum Gasteiger partial charge on any atom is 0.254 e. The van der Waals surface area contributed by atoms with E-state index in [1.54, 1.807) is 6.07 Å². The van der Waals surface area contributed by atoms with Crippen LogP contribution >= 0.6 is 0 Å². The highest BCUT2D eigenvalue weighted by atomic mass is 16.6. The van der Waals surface area contributed by atoms with Crippen LogP contribution in [0, 0.1) is 6.92 Å². The van der Waals surface area contributed by atoms with Gasteiger partial charge in [0.05, 0.1) is 45.3 Å². The third-order valence-electron chi connectivity index (χ3n) is 6.00. The summed E-state index contributed by atoms with van der Waals surface area (Å²) in [6.07, 6.45) is 0.683. The molecule has 7 heteroatoms. The summed E-state index contributed by atoms with van der Waals surface area (Å²) in [6.45, 7) is 6.60. The fourth-order valence-electron chi connectivity index (χ4n) is 4.43. The summed E-state index contributed by atoms with van der Waals surface area (Å²) in [6, 6.07) is 7.97. The van der Waals surface area contributed by atoms with Gasteiger partial charge in [-0.3, -0.25) is 4.79 Å². The van der Waals surface area contributed by atoms with Gasteiger partial charge in [-0.2, -0.15) is 0 Å². The molecule has 1 aromatic carbocycles. The number of hydrogen-bond donors (Lipinski definition) is 0. The molecule has 2 aromatic rings. The van der Waals surface area contributed by atoms with Crippen LogP contribution in [0.15, 0.2) is 29.1 Å². The third kappa shape index (κ3) is 3.78. The van der Waals surface area contributed by atoms with Crippen molar-refractivity contribution in [3.63, 3.8) is 0 Å². The summed E-state index contributed by atoms with van der Waals surface area (Å²) in [5.74, 6) is 0.612. The van der Waals surface area contributed by atoms with Gasteiger partial charge in [-0.25, -0.2) is 0 Å². The molecule has 5 rings (SSSR count). The van der Waals surface area contributed by atoms with Crippen LogP contribution in [0.2, 0.25) is 0 Å². The highest BCUT2D eigenvalue weighted by Crippen LogP contribution is 2.36. The Kier molecular flexibility index (Phi) is 5.60. The number of pyridine rings is 1. The zero-order valence-electron chi connectivity index (χ0n) is 17.2. The Morgan fingerprint density at radius 2 is 1.90 bits per heavy atom. The van der Waals surface area contributed by atoms with E-state index < -0.39 is 0 Å². The lowest BCUT2D eigenvalue weighted by molar-refractivity contribution is -0.101. The fourth-order valence-corrected chi connectivity index (χ4v) is 4.43. The van der Waals surface area contributed by atoms with Gasteiger partial charge in [-0.15, -0.1) is 0 Å². The van der Waals surface area contributed by atoms with Gasteiger partial charge in [0.1, 0.15) is 24.6 Å². The number of aromatic nitrogens is 1. The Bertz CT molecular complexity index is 972. The number of aryl methyl sites for hydroxylation is 1. The van der Waals surface area contributed by atoms with Gasteiger partial charge in [-0.05, 0) is 24.5 Å². The van der Waals surface area contributed by atoms with Crippen LogP contribution in [-0.4, -0.2) is 56.9 Å². The number of fused-ring (bicyclic) bond motifs is 3. The summed E-state index contributed by atoms with van der Waals surface area (Å²) in [5, 5.41) is 0. The molecule has 0 radical (unpaired) electrons.